The number of benzene rings is 2. The molecule has 5 heterocycles. The Labute approximate surface area is 214 Å². The minimum Gasteiger partial charge on any atom is -0.493 e. The lowest BCUT2D eigenvalue weighted by atomic mass is 9.66. The monoisotopic (exact) mass is 520 g/mol. The predicted molar refractivity (Wildman–Crippen MR) is 127 cm³/mol. The van der Waals surface area contributed by atoms with Crippen LogP contribution in [0.15, 0.2) is 30.3 Å². The van der Waals surface area contributed by atoms with Gasteiger partial charge in [-0.2, -0.15) is 14.0 Å². The summed E-state index contributed by atoms with van der Waals surface area (Å²) in [5.41, 5.74) is -1.00. The number of aliphatic hydroxyl groups is 1. The third-order valence-electron chi connectivity index (χ3n) is 8.01. The lowest BCUT2D eigenvalue weighted by Crippen LogP contribution is -2.49. The van der Waals surface area contributed by atoms with Crippen molar-refractivity contribution in [2.75, 3.05) is 18.3 Å². The van der Waals surface area contributed by atoms with Crippen LogP contribution >= 0.6 is 11.7 Å². The van der Waals surface area contributed by atoms with Gasteiger partial charge in [0.1, 0.15) is 28.5 Å². The normalized spacial score (nSPS) is 31.3. The van der Waals surface area contributed by atoms with Crippen molar-refractivity contribution in [1.82, 2.24) is 8.75 Å². The number of imide groups is 1. The van der Waals surface area contributed by atoms with E-state index in [1.54, 1.807) is 31.2 Å². The molecule has 37 heavy (non-hydrogen) atoms. The van der Waals surface area contributed by atoms with Gasteiger partial charge in [0.2, 0.25) is 18.6 Å². The van der Waals surface area contributed by atoms with E-state index in [2.05, 4.69) is 14.8 Å². The summed E-state index contributed by atoms with van der Waals surface area (Å²) >= 11 is 0.909. The number of aromatic nitrogens is 2. The van der Waals surface area contributed by atoms with Crippen molar-refractivity contribution >= 4 is 40.3 Å². The van der Waals surface area contributed by atoms with Gasteiger partial charge < -0.3 is 24.1 Å². The SMILES string of the molecule is CC12OC(CCOc3ccc4c(c3)OCO4)(CC1O)C1C(=O)N(c3ccc(C#N)c4nsnc34)C(=O)C12. The second-order valence-electron chi connectivity index (χ2n) is 9.86. The number of ether oxygens (including phenoxy) is 4. The molecule has 2 amide bonds. The van der Waals surface area contributed by atoms with Gasteiger partial charge in [-0.3, -0.25) is 9.59 Å². The van der Waals surface area contributed by atoms with Crippen molar-refractivity contribution < 1.29 is 33.6 Å². The smallest absolute Gasteiger partial charge is 0.240 e. The first kappa shape index (κ1) is 22.4. The van der Waals surface area contributed by atoms with Crippen LogP contribution in [0.2, 0.25) is 0 Å². The maximum atomic E-state index is 13.9. The molecule has 0 radical (unpaired) electrons. The number of nitrogens with zero attached hydrogens (tertiary/aromatic N) is 4. The molecule has 11 nitrogen and oxygen atoms in total. The fraction of sp³-hybridized carbons (Fsp3) is 0.400. The van der Waals surface area contributed by atoms with Gasteiger partial charge in [-0.05, 0) is 31.2 Å². The molecule has 12 heteroatoms. The Morgan fingerprint density at radius 3 is 2.78 bits per heavy atom. The molecule has 0 spiro atoms. The van der Waals surface area contributed by atoms with Crippen LogP contribution < -0.4 is 19.1 Å². The Balaban J connectivity index is 1.20. The molecule has 3 saturated heterocycles. The average Bonchev–Trinajstić information content (AvgIpc) is 3.67. The summed E-state index contributed by atoms with van der Waals surface area (Å²) in [6, 6.07) is 10.4. The number of hydrogen-bond acceptors (Lipinski definition) is 11. The molecular weight excluding hydrogens is 500 g/mol. The second-order valence-corrected chi connectivity index (χ2v) is 10.4. The summed E-state index contributed by atoms with van der Waals surface area (Å²) < 4.78 is 31.5. The highest BCUT2D eigenvalue weighted by Crippen LogP contribution is 2.62. The molecule has 0 aliphatic carbocycles. The van der Waals surface area contributed by atoms with Crippen LogP contribution in [0.25, 0.3) is 11.0 Å². The molecule has 0 saturated carbocycles. The van der Waals surface area contributed by atoms with E-state index >= 15 is 0 Å². The standard InChI is InChI=1S/C25H20N4O7S/c1-24-17(30)9-25(36-24,6-7-33-13-3-5-15-16(8-13)35-11-34-15)19-18(24)22(31)29(23(19)32)14-4-2-12(10-26)20-21(14)28-37-27-20/h2-5,8,17-19,30H,6-7,9,11H2,1H3. The average molecular weight is 521 g/mol. The third-order valence-corrected chi connectivity index (χ3v) is 8.54. The van der Waals surface area contributed by atoms with Crippen LogP contribution in [-0.4, -0.2) is 56.4 Å². The number of amides is 2. The molecule has 7 rings (SSSR count). The predicted octanol–water partition coefficient (Wildman–Crippen LogP) is 2.16. The van der Waals surface area contributed by atoms with E-state index in [-0.39, 0.29) is 25.5 Å². The van der Waals surface area contributed by atoms with E-state index in [0.29, 0.717) is 40.3 Å². The number of carbonyl (C=O) groups is 2. The van der Waals surface area contributed by atoms with Gasteiger partial charge in [0.15, 0.2) is 11.5 Å². The van der Waals surface area contributed by atoms with Crippen LogP contribution in [0.5, 0.6) is 17.2 Å². The van der Waals surface area contributed by atoms with Gasteiger partial charge >= 0.3 is 0 Å². The molecule has 1 N–H and O–H groups in total. The van der Waals surface area contributed by atoms with Crippen LogP contribution in [0.1, 0.15) is 25.3 Å². The Morgan fingerprint density at radius 2 is 1.95 bits per heavy atom. The Kier molecular flexibility index (Phi) is 4.61. The number of aliphatic hydroxyl groups excluding tert-OH is 1. The van der Waals surface area contributed by atoms with E-state index in [9.17, 15) is 20.0 Å². The highest BCUT2D eigenvalue weighted by Gasteiger charge is 2.77. The fourth-order valence-electron chi connectivity index (χ4n) is 6.29. The van der Waals surface area contributed by atoms with Crippen LogP contribution in [0.3, 0.4) is 0 Å². The highest BCUT2D eigenvalue weighted by atomic mass is 32.1. The largest absolute Gasteiger partial charge is 0.493 e. The summed E-state index contributed by atoms with van der Waals surface area (Å²) in [5, 5.41) is 20.3. The quantitative estimate of drug-likeness (QED) is 0.497. The van der Waals surface area contributed by atoms with Crippen LogP contribution in [-0.2, 0) is 14.3 Å². The summed E-state index contributed by atoms with van der Waals surface area (Å²) in [5.74, 6) is -0.693. The Hall–Kier alpha value is -3.79. The number of rotatable bonds is 5. The number of carbonyl (C=O) groups excluding carboxylic acids is 2. The molecule has 3 aromatic rings. The molecule has 5 atom stereocenters. The molecule has 5 unspecified atom stereocenters. The molecule has 3 fully saturated rings. The first-order valence-corrected chi connectivity index (χ1v) is 12.5. The topological polar surface area (TPSA) is 144 Å². The van der Waals surface area contributed by atoms with Crippen molar-refractivity contribution in [2.45, 2.75) is 37.1 Å². The maximum absolute atomic E-state index is 13.9. The molecule has 4 aliphatic heterocycles. The zero-order chi connectivity index (χ0) is 25.5. The maximum Gasteiger partial charge on any atom is 0.240 e. The van der Waals surface area contributed by atoms with Gasteiger partial charge in [-0.1, -0.05) is 0 Å². The number of fused-ring (bicyclic) bond motifs is 7. The minimum atomic E-state index is -1.21. The molecule has 2 aromatic carbocycles. The summed E-state index contributed by atoms with van der Waals surface area (Å²) in [7, 11) is 0. The van der Waals surface area contributed by atoms with Crippen molar-refractivity contribution in [1.29, 1.82) is 5.26 Å². The summed E-state index contributed by atoms with van der Waals surface area (Å²) in [6.45, 7) is 2.05. The van der Waals surface area contributed by atoms with Crippen molar-refractivity contribution in [3.05, 3.63) is 35.9 Å². The zero-order valence-electron chi connectivity index (χ0n) is 19.5. The van der Waals surface area contributed by atoms with Gasteiger partial charge in [-0.25, -0.2) is 4.90 Å². The second kappa shape index (κ2) is 7.61. The number of hydrogen-bond donors (Lipinski definition) is 1. The third kappa shape index (κ3) is 2.93. The fourth-order valence-corrected chi connectivity index (χ4v) is 6.86. The van der Waals surface area contributed by atoms with Gasteiger partial charge in [0.05, 0.1) is 53.1 Å². The minimum absolute atomic E-state index is 0.157. The van der Waals surface area contributed by atoms with E-state index in [1.165, 1.54) is 6.07 Å². The Morgan fingerprint density at radius 1 is 1.16 bits per heavy atom. The van der Waals surface area contributed by atoms with Gasteiger partial charge in [0.25, 0.3) is 0 Å². The molecule has 1 aromatic heterocycles. The first-order chi connectivity index (χ1) is 17.9. The van der Waals surface area contributed by atoms with E-state index < -0.39 is 41.0 Å². The number of nitriles is 1. The lowest BCUT2D eigenvalue weighted by molar-refractivity contribution is -0.134. The van der Waals surface area contributed by atoms with Crippen molar-refractivity contribution in [3.63, 3.8) is 0 Å². The summed E-state index contributed by atoms with van der Waals surface area (Å²) in [4.78, 5) is 28.8. The molecule has 4 aliphatic rings. The molecular formula is C25H20N4O7S. The van der Waals surface area contributed by atoms with Crippen molar-refractivity contribution in [2.24, 2.45) is 11.8 Å². The zero-order valence-corrected chi connectivity index (χ0v) is 20.4. The van der Waals surface area contributed by atoms with E-state index in [4.69, 9.17) is 18.9 Å². The van der Waals surface area contributed by atoms with Crippen LogP contribution in [0.4, 0.5) is 5.69 Å². The molecule has 188 valence electrons. The van der Waals surface area contributed by atoms with Crippen molar-refractivity contribution in [3.8, 4) is 23.3 Å². The van der Waals surface area contributed by atoms with E-state index in [1.807, 2.05) is 0 Å². The lowest BCUT2D eigenvalue weighted by Gasteiger charge is -2.33. The first-order valence-electron chi connectivity index (χ1n) is 11.8. The summed E-state index contributed by atoms with van der Waals surface area (Å²) in [6.07, 6.45) is -0.412. The number of anilines is 1. The highest BCUT2D eigenvalue weighted by molar-refractivity contribution is 7.00. The van der Waals surface area contributed by atoms with Gasteiger partial charge in [0, 0.05) is 18.9 Å². The van der Waals surface area contributed by atoms with Crippen LogP contribution in [0, 0.1) is 23.2 Å². The molecule has 2 bridgehead atoms. The Bertz CT molecular complexity index is 1530. The van der Waals surface area contributed by atoms with Gasteiger partial charge in [-0.15, -0.1) is 0 Å². The van der Waals surface area contributed by atoms with E-state index in [0.717, 1.165) is 16.6 Å².